The molecule has 0 aliphatic carbocycles. The number of carbonyl (C=O) groups is 2. The van der Waals surface area contributed by atoms with Crippen molar-refractivity contribution in [2.24, 2.45) is 5.73 Å². The molecule has 6 N–H and O–H groups in total. The fourth-order valence-corrected chi connectivity index (χ4v) is 7.82. The first-order valence-electron chi connectivity index (χ1n) is 19.8. The van der Waals surface area contributed by atoms with Gasteiger partial charge in [-0.3, -0.25) is 10.4 Å². The first-order chi connectivity index (χ1) is 28.9. The summed E-state index contributed by atoms with van der Waals surface area (Å²) in [5.41, 5.74) is 11.2. The predicted octanol–water partition coefficient (Wildman–Crippen LogP) is 9.02. The third-order valence-electron chi connectivity index (χ3n) is 10.6. The van der Waals surface area contributed by atoms with Gasteiger partial charge in [-0.15, -0.1) is 0 Å². The summed E-state index contributed by atoms with van der Waals surface area (Å²) >= 11 is 0. The Balaban J connectivity index is 1.17. The maximum Gasteiger partial charge on any atom is 0.404 e. The summed E-state index contributed by atoms with van der Waals surface area (Å²) in [7, 11) is 0. The lowest BCUT2D eigenvalue weighted by Crippen LogP contribution is -2.46. The van der Waals surface area contributed by atoms with Crippen LogP contribution < -0.4 is 21.7 Å². The van der Waals surface area contributed by atoms with Crippen molar-refractivity contribution in [3.8, 4) is 0 Å². The Labute approximate surface area is 345 Å². The molecule has 0 aliphatic rings. The molecule has 0 saturated heterocycles. The van der Waals surface area contributed by atoms with Crippen LogP contribution in [0, 0.1) is 6.92 Å². The zero-order valence-corrected chi connectivity index (χ0v) is 33.1. The fraction of sp³-hybridized carbons (Fsp3) is 0.163. The first kappa shape index (κ1) is 40.0. The molecule has 0 unspecified atom stereocenters. The Morgan fingerprint density at radius 1 is 0.610 bits per heavy atom. The van der Waals surface area contributed by atoms with Crippen LogP contribution in [0.25, 0.3) is 0 Å². The molecule has 7 aromatic rings. The molecule has 3 amide bonds. The zero-order chi connectivity index (χ0) is 40.9. The lowest BCUT2D eigenvalue weighted by atomic mass is 9.77. The molecule has 10 heteroatoms. The Kier molecular flexibility index (Phi) is 12.8. The van der Waals surface area contributed by atoms with Gasteiger partial charge in [0.05, 0.1) is 17.8 Å². The van der Waals surface area contributed by atoms with Crippen molar-refractivity contribution in [1.29, 1.82) is 0 Å². The highest BCUT2D eigenvalue weighted by Crippen LogP contribution is 2.42. The molecular weight excluding hydrogens is 735 g/mol. The number of anilines is 2. The van der Waals surface area contributed by atoms with Crippen LogP contribution in [0.3, 0.4) is 0 Å². The van der Waals surface area contributed by atoms with Gasteiger partial charge >= 0.3 is 12.1 Å². The van der Waals surface area contributed by atoms with Crippen molar-refractivity contribution in [1.82, 2.24) is 20.4 Å². The molecule has 0 spiro atoms. The molecule has 0 bridgehead atoms. The number of nitrogens with two attached hydrogens (primary N) is 1. The lowest BCUT2D eigenvalue weighted by molar-refractivity contribution is 0.140. The van der Waals surface area contributed by atoms with Gasteiger partial charge in [0.1, 0.15) is 23.7 Å². The van der Waals surface area contributed by atoms with Crippen molar-refractivity contribution in [3.63, 3.8) is 0 Å². The normalized spacial score (nSPS) is 11.4. The Morgan fingerprint density at radius 2 is 1.00 bits per heavy atom. The van der Waals surface area contributed by atoms with Crippen LogP contribution in [-0.4, -0.2) is 53.5 Å². The number of benzene rings is 6. The number of hydrogen-bond acceptors (Lipinski definition) is 6. The number of aryl methyl sites for hydroxylation is 1. The van der Waals surface area contributed by atoms with Crippen LogP contribution in [0.4, 0.5) is 21.1 Å². The summed E-state index contributed by atoms with van der Waals surface area (Å²) in [4.78, 5) is 27.6. The molecule has 1 heterocycles. The average Bonchev–Trinajstić information content (AvgIpc) is 3.63. The number of amides is 3. The quantitative estimate of drug-likeness (QED) is 0.0462. The minimum absolute atomic E-state index is 0.0627. The second kappa shape index (κ2) is 18.8. The summed E-state index contributed by atoms with van der Waals surface area (Å²) in [5, 5.41) is 18.6. The van der Waals surface area contributed by atoms with Crippen LogP contribution in [0.2, 0.25) is 0 Å². The van der Waals surface area contributed by atoms with Gasteiger partial charge in [-0.1, -0.05) is 182 Å². The van der Waals surface area contributed by atoms with Crippen LogP contribution in [0.15, 0.2) is 182 Å². The summed E-state index contributed by atoms with van der Waals surface area (Å²) in [6.45, 7) is 2.79. The van der Waals surface area contributed by atoms with E-state index in [1.54, 1.807) is 4.90 Å². The molecule has 59 heavy (non-hydrogen) atoms. The van der Waals surface area contributed by atoms with E-state index in [1.807, 2.05) is 116 Å². The molecule has 1 aromatic heterocycles. The van der Waals surface area contributed by atoms with E-state index in [1.165, 1.54) is 0 Å². The highest BCUT2D eigenvalue weighted by molar-refractivity contribution is 5.93. The fourth-order valence-electron chi connectivity index (χ4n) is 7.82. The number of carbonyl (C=O) groups excluding carboxylic acids is 2. The standard InChI is InChI=1S/C49H49N7O3/c1-37-44(45(55-54-37)53-49(41-27-14-5-15-28-41,42-29-16-6-17-30-42)43-31-18-7-19-32-43)52-47(58)56(35-36-59-46(50)57)34-20-33-51-48(38-21-8-2-9-22-38,39-23-10-3-11-24-39)40-25-12-4-13-26-40/h2-19,21-32,51H,20,33-36H2,1H3,(H2,50,57)(H,52,58)(H2,53,54,55). The second-order valence-corrected chi connectivity index (χ2v) is 14.2. The van der Waals surface area contributed by atoms with Crippen LogP contribution in [0.5, 0.6) is 0 Å². The molecule has 0 aliphatic heterocycles. The van der Waals surface area contributed by atoms with Gasteiger partial charge < -0.3 is 26.0 Å². The third-order valence-corrected chi connectivity index (χ3v) is 10.6. The van der Waals surface area contributed by atoms with Gasteiger partial charge in [-0.25, -0.2) is 9.59 Å². The van der Waals surface area contributed by atoms with Gasteiger partial charge in [0.15, 0.2) is 0 Å². The molecular formula is C49H49N7O3. The van der Waals surface area contributed by atoms with E-state index < -0.39 is 17.2 Å². The van der Waals surface area contributed by atoms with E-state index in [0.29, 0.717) is 36.7 Å². The topological polar surface area (TPSA) is 137 Å². The monoisotopic (exact) mass is 783 g/mol. The molecule has 0 saturated carbocycles. The van der Waals surface area contributed by atoms with Crippen molar-refractivity contribution in [3.05, 3.63) is 221 Å². The largest absolute Gasteiger partial charge is 0.448 e. The van der Waals surface area contributed by atoms with Crippen LogP contribution in [0.1, 0.15) is 45.5 Å². The Morgan fingerprint density at radius 3 is 1.39 bits per heavy atom. The van der Waals surface area contributed by atoms with Gasteiger partial charge in [0.2, 0.25) is 0 Å². The first-order valence-corrected chi connectivity index (χ1v) is 19.8. The van der Waals surface area contributed by atoms with Crippen LogP contribution in [-0.2, 0) is 15.8 Å². The maximum atomic E-state index is 14.4. The zero-order valence-electron chi connectivity index (χ0n) is 33.1. The molecule has 0 atom stereocenters. The molecule has 0 fully saturated rings. The minimum Gasteiger partial charge on any atom is -0.448 e. The van der Waals surface area contributed by atoms with Gasteiger partial charge in [-0.05, 0) is 53.3 Å². The van der Waals surface area contributed by atoms with E-state index in [-0.39, 0.29) is 19.2 Å². The number of nitrogens with one attached hydrogen (secondary N) is 4. The average molecular weight is 784 g/mol. The predicted molar refractivity (Wildman–Crippen MR) is 234 cm³/mol. The van der Waals surface area contributed by atoms with Gasteiger partial charge in [0.25, 0.3) is 0 Å². The summed E-state index contributed by atoms with van der Waals surface area (Å²) < 4.78 is 5.12. The molecule has 10 nitrogen and oxygen atoms in total. The van der Waals surface area contributed by atoms with E-state index >= 15 is 0 Å². The number of nitrogens with zero attached hydrogens (tertiary/aromatic N) is 2. The maximum absolute atomic E-state index is 14.4. The lowest BCUT2D eigenvalue weighted by Gasteiger charge is -2.37. The number of H-pyrrole nitrogens is 1. The number of primary amides is 1. The molecule has 6 aromatic carbocycles. The Bertz CT molecular complexity index is 2190. The summed E-state index contributed by atoms with van der Waals surface area (Å²) in [5.74, 6) is 0.528. The smallest absolute Gasteiger partial charge is 0.404 e. The second-order valence-electron chi connectivity index (χ2n) is 14.2. The van der Waals surface area contributed by atoms with Crippen molar-refractivity contribution in [2.75, 3.05) is 36.9 Å². The number of rotatable bonds is 17. The van der Waals surface area contributed by atoms with Crippen LogP contribution >= 0.6 is 0 Å². The molecule has 7 rings (SSSR count). The number of aromatic nitrogens is 2. The summed E-state index contributed by atoms with van der Waals surface area (Å²) in [6.07, 6.45) is -0.325. The molecule has 298 valence electrons. The Hall–Kier alpha value is -7.17. The van der Waals surface area contributed by atoms with Crippen molar-refractivity contribution in [2.45, 2.75) is 24.4 Å². The summed E-state index contributed by atoms with van der Waals surface area (Å²) in [6, 6.07) is 61.4. The number of hydrogen-bond donors (Lipinski definition) is 5. The highest BCUT2D eigenvalue weighted by atomic mass is 16.5. The SMILES string of the molecule is Cc1n[nH]c(NC(c2ccccc2)(c2ccccc2)c2ccccc2)c1NC(=O)N(CCCNC(c1ccccc1)(c1ccccc1)c1ccccc1)CCOC(N)=O. The third kappa shape index (κ3) is 8.88. The number of ether oxygens (including phenoxy) is 1. The van der Waals surface area contributed by atoms with E-state index in [9.17, 15) is 9.59 Å². The van der Waals surface area contributed by atoms with Gasteiger partial charge in [-0.2, -0.15) is 5.10 Å². The highest BCUT2D eigenvalue weighted by Gasteiger charge is 2.38. The number of urea groups is 1. The number of aromatic amines is 1. The van der Waals surface area contributed by atoms with Crippen molar-refractivity contribution < 1.29 is 14.3 Å². The van der Waals surface area contributed by atoms with Crippen molar-refractivity contribution >= 4 is 23.6 Å². The van der Waals surface area contributed by atoms with E-state index in [4.69, 9.17) is 10.5 Å². The molecule has 0 radical (unpaired) electrons. The van der Waals surface area contributed by atoms with E-state index in [2.05, 4.69) is 98.9 Å². The van der Waals surface area contributed by atoms with E-state index in [0.717, 1.165) is 33.4 Å². The minimum atomic E-state index is -0.901. The van der Waals surface area contributed by atoms with Gasteiger partial charge in [0, 0.05) is 6.54 Å².